The Balaban J connectivity index is 1.71. The fraction of sp³-hybridized carbons (Fsp3) is 0.125. The van der Waals surface area contributed by atoms with E-state index in [1.54, 1.807) is 31.4 Å². The second kappa shape index (κ2) is 5.66. The van der Waals surface area contributed by atoms with Gasteiger partial charge in [0.05, 0.1) is 13.5 Å². The predicted octanol–water partition coefficient (Wildman–Crippen LogP) is 3.02. The van der Waals surface area contributed by atoms with Gasteiger partial charge in [-0.1, -0.05) is 17.3 Å². The maximum Gasteiger partial charge on any atom is 0.230 e. The number of anilines is 1. The Morgan fingerprint density at radius 2 is 1.95 bits per heavy atom. The second-order valence-electron chi connectivity index (χ2n) is 4.58. The van der Waals surface area contributed by atoms with Gasteiger partial charge in [0, 0.05) is 11.1 Å². The second-order valence-corrected chi connectivity index (χ2v) is 4.58. The van der Waals surface area contributed by atoms with Crippen LogP contribution in [0.15, 0.2) is 53.1 Å². The number of aromatic nitrogens is 1. The van der Waals surface area contributed by atoms with Crippen molar-refractivity contribution in [3.05, 3.63) is 54.2 Å². The summed E-state index contributed by atoms with van der Waals surface area (Å²) >= 11 is 0. The molecule has 1 heterocycles. The number of methoxy groups -OCH3 is 1. The van der Waals surface area contributed by atoms with Crippen LogP contribution in [0.5, 0.6) is 5.75 Å². The summed E-state index contributed by atoms with van der Waals surface area (Å²) in [6.07, 6.45) is 0.170. The largest absolute Gasteiger partial charge is 0.497 e. The molecule has 0 radical (unpaired) electrons. The fourth-order valence-electron chi connectivity index (χ4n) is 2.10. The van der Waals surface area contributed by atoms with E-state index in [0.29, 0.717) is 17.0 Å². The van der Waals surface area contributed by atoms with E-state index >= 15 is 0 Å². The number of carbonyl (C=O) groups excluding carboxylic acids is 1. The first-order chi connectivity index (χ1) is 10.3. The summed E-state index contributed by atoms with van der Waals surface area (Å²) in [5, 5.41) is 7.63. The Morgan fingerprint density at radius 3 is 2.71 bits per heavy atom. The third-order valence-electron chi connectivity index (χ3n) is 3.15. The monoisotopic (exact) mass is 282 g/mol. The molecule has 106 valence electrons. The van der Waals surface area contributed by atoms with Crippen LogP contribution in [0.25, 0.3) is 11.0 Å². The first-order valence-electron chi connectivity index (χ1n) is 6.53. The number of benzene rings is 2. The van der Waals surface area contributed by atoms with Crippen LogP contribution < -0.4 is 10.1 Å². The lowest BCUT2D eigenvalue weighted by molar-refractivity contribution is -0.115. The number of rotatable bonds is 4. The number of ether oxygens (including phenoxy) is 1. The Hall–Kier alpha value is -2.82. The highest BCUT2D eigenvalue weighted by Gasteiger charge is 2.12. The standard InChI is InChI=1S/C16H14N2O3/c1-20-12-8-6-11(7-9-12)17-16(19)10-14-13-4-2-3-5-15(13)21-18-14/h2-9H,10H2,1H3,(H,17,19). The fourth-order valence-corrected chi connectivity index (χ4v) is 2.10. The summed E-state index contributed by atoms with van der Waals surface area (Å²) in [7, 11) is 1.60. The summed E-state index contributed by atoms with van der Waals surface area (Å²) in [5.74, 6) is 0.606. The molecule has 0 aliphatic carbocycles. The molecule has 0 unspecified atom stereocenters. The Bertz CT molecular complexity index is 763. The van der Waals surface area contributed by atoms with Crippen molar-refractivity contribution in [3.63, 3.8) is 0 Å². The van der Waals surface area contributed by atoms with Gasteiger partial charge in [-0.05, 0) is 36.4 Å². The Labute approximate surface area is 121 Å². The molecule has 0 spiro atoms. The molecule has 3 rings (SSSR count). The molecular formula is C16H14N2O3. The number of para-hydroxylation sites is 1. The van der Waals surface area contributed by atoms with Gasteiger partial charge in [-0.2, -0.15) is 0 Å². The first-order valence-corrected chi connectivity index (χ1v) is 6.53. The Morgan fingerprint density at radius 1 is 1.19 bits per heavy atom. The quantitative estimate of drug-likeness (QED) is 0.799. The van der Waals surface area contributed by atoms with Crippen molar-refractivity contribution < 1.29 is 14.1 Å². The summed E-state index contributed by atoms with van der Waals surface area (Å²) < 4.78 is 10.3. The molecule has 1 amide bonds. The van der Waals surface area contributed by atoms with Gasteiger partial charge in [-0.25, -0.2) is 0 Å². The zero-order chi connectivity index (χ0) is 14.7. The lowest BCUT2D eigenvalue weighted by Gasteiger charge is -2.05. The van der Waals surface area contributed by atoms with Gasteiger partial charge in [0.25, 0.3) is 0 Å². The van der Waals surface area contributed by atoms with Gasteiger partial charge >= 0.3 is 0 Å². The van der Waals surface area contributed by atoms with E-state index in [9.17, 15) is 4.79 Å². The molecule has 0 saturated carbocycles. The maximum absolute atomic E-state index is 12.1. The Kier molecular flexibility index (Phi) is 3.55. The van der Waals surface area contributed by atoms with Crippen LogP contribution >= 0.6 is 0 Å². The van der Waals surface area contributed by atoms with E-state index in [1.807, 2.05) is 24.3 Å². The molecule has 21 heavy (non-hydrogen) atoms. The predicted molar refractivity (Wildman–Crippen MR) is 79.3 cm³/mol. The van der Waals surface area contributed by atoms with Crippen molar-refractivity contribution >= 4 is 22.6 Å². The lowest BCUT2D eigenvalue weighted by Crippen LogP contribution is -2.14. The van der Waals surface area contributed by atoms with E-state index in [0.717, 1.165) is 11.1 Å². The van der Waals surface area contributed by atoms with Crippen molar-refractivity contribution in [3.8, 4) is 5.75 Å². The van der Waals surface area contributed by atoms with Crippen molar-refractivity contribution in [2.75, 3.05) is 12.4 Å². The third kappa shape index (κ3) is 2.86. The smallest absolute Gasteiger partial charge is 0.230 e. The molecule has 0 aliphatic rings. The zero-order valence-corrected chi connectivity index (χ0v) is 11.5. The van der Waals surface area contributed by atoms with Crippen LogP contribution in [0, 0.1) is 0 Å². The van der Waals surface area contributed by atoms with Crippen LogP contribution in [0.2, 0.25) is 0 Å². The number of amides is 1. The van der Waals surface area contributed by atoms with Crippen molar-refractivity contribution in [2.45, 2.75) is 6.42 Å². The van der Waals surface area contributed by atoms with E-state index < -0.39 is 0 Å². The highest BCUT2D eigenvalue weighted by molar-refractivity contribution is 5.94. The highest BCUT2D eigenvalue weighted by atomic mass is 16.5. The van der Waals surface area contributed by atoms with Crippen LogP contribution in [0.4, 0.5) is 5.69 Å². The lowest BCUT2D eigenvalue weighted by atomic mass is 10.1. The molecule has 5 nitrogen and oxygen atoms in total. The van der Waals surface area contributed by atoms with E-state index in [4.69, 9.17) is 9.26 Å². The molecule has 1 N–H and O–H groups in total. The van der Waals surface area contributed by atoms with Crippen LogP contribution in [0.1, 0.15) is 5.69 Å². The number of nitrogens with one attached hydrogen (secondary N) is 1. The molecule has 0 saturated heterocycles. The van der Waals surface area contributed by atoms with E-state index in [2.05, 4.69) is 10.5 Å². The average molecular weight is 282 g/mol. The molecule has 0 bridgehead atoms. The van der Waals surface area contributed by atoms with Gasteiger partial charge in [0.1, 0.15) is 11.4 Å². The van der Waals surface area contributed by atoms with Gasteiger partial charge in [0.15, 0.2) is 5.58 Å². The summed E-state index contributed by atoms with van der Waals surface area (Å²) in [4.78, 5) is 12.1. The van der Waals surface area contributed by atoms with Crippen molar-refractivity contribution in [1.82, 2.24) is 5.16 Å². The average Bonchev–Trinajstić information content (AvgIpc) is 2.91. The maximum atomic E-state index is 12.1. The molecule has 3 aromatic rings. The molecular weight excluding hydrogens is 268 g/mol. The molecule has 0 aliphatic heterocycles. The van der Waals surface area contributed by atoms with Gasteiger partial charge in [0.2, 0.25) is 5.91 Å². The van der Waals surface area contributed by atoms with Gasteiger partial charge < -0.3 is 14.6 Å². The van der Waals surface area contributed by atoms with Crippen molar-refractivity contribution in [2.24, 2.45) is 0 Å². The van der Waals surface area contributed by atoms with Gasteiger partial charge in [-0.3, -0.25) is 4.79 Å². The normalized spacial score (nSPS) is 10.5. The third-order valence-corrected chi connectivity index (χ3v) is 3.15. The minimum atomic E-state index is -0.140. The van der Waals surface area contributed by atoms with Crippen molar-refractivity contribution in [1.29, 1.82) is 0 Å². The number of carbonyl (C=O) groups is 1. The van der Waals surface area contributed by atoms with E-state index in [1.165, 1.54) is 0 Å². The van der Waals surface area contributed by atoms with Gasteiger partial charge in [-0.15, -0.1) is 0 Å². The summed E-state index contributed by atoms with van der Waals surface area (Å²) in [6, 6.07) is 14.6. The molecule has 0 atom stereocenters. The van der Waals surface area contributed by atoms with Crippen LogP contribution in [-0.2, 0) is 11.2 Å². The SMILES string of the molecule is COc1ccc(NC(=O)Cc2noc3ccccc23)cc1. The minimum Gasteiger partial charge on any atom is -0.497 e. The number of fused-ring (bicyclic) bond motifs is 1. The first kappa shape index (κ1) is 13.2. The molecule has 2 aromatic carbocycles. The topological polar surface area (TPSA) is 64.4 Å². The summed E-state index contributed by atoms with van der Waals surface area (Å²) in [6.45, 7) is 0. The number of hydrogen-bond donors (Lipinski definition) is 1. The molecule has 5 heteroatoms. The molecule has 1 aromatic heterocycles. The minimum absolute atomic E-state index is 0.140. The van der Waals surface area contributed by atoms with Crippen LogP contribution in [-0.4, -0.2) is 18.2 Å². The highest BCUT2D eigenvalue weighted by Crippen LogP contribution is 2.19. The number of nitrogens with zero attached hydrogens (tertiary/aromatic N) is 1. The zero-order valence-electron chi connectivity index (χ0n) is 11.5. The van der Waals surface area contributed by atoms with E-state index in [-0.39, 0.29) is 12.3 Å². The molecule has 0 fully saturated rings. The number of hydrogen-bond acceptors (Lipinski definition) is 4. The summed E-state index contributed by atoms with van der Waals surface area (Å²) in [5.41, 5.74) is 2.04. The van der Waals surface area contributed by atoms with Crippen LogP contribution in [0.3, 0.4) is 0 Å².